The van der Waals surface area contributed by atoms with Crippen LogP contribution in [-0.2, 0) is 20.4 Å². The number of hydrogen-bond acceptors (Lipinski definition) is 3. The van der Waals surface area contributed by atoms with Gasteiger partial charge in [0, 0.05) is 0 Å². The third kappa shape index (κ3) is 1.16. The number of hydrogen-bond donors (Lipinski definition) is 1. The van der Waals surface area contributed by atoms with Crippen molar-refractivity contribution in [2.45, 2.75) is 34.8 Å². The molecule has 5 nitrogen and oxygen atoms in total. The van der Waals surface area contributed by atoms with E-state index in [-0.39, 0.29) is 5.91 Å². The monoisotopic (exact) mass is 295 g/mol. The molecule has 1 amide bonds. The van der Waals surface area contributed by atoms with Gasteiger partial charge >= 0.3 is 5.97 Å². The van der Waals surface area contributed by atoms with E-state index >= 15 is 0 Å². The predicted octanol–water partition coefficient (Wildman–Crippen LogP) is -0.0877. The zero-order valence-electron chi connectivity index (χ0n) is 8.14. The molecule has 0 saturated carbocycles. The highest BCUT2D eigenvalue weighted by atomic mass is 79.9. The van der Waals surface area contributed by atoms with Gasteiger partial charge < -0.3 is 10.0 Å². The number of nitrogens with zero attached hydrogens (tertiary/aromatic N) is 1. The van der Waals surface area contributed by atoms with Crippen LogP contribution in [0.1, 0.15) is 13.8 Å². The number of amides is 1. The van der Waals surface area contributed by atoms with Crippen LogP contribution < -0.4 is 0 Å². The number of halogens is 1. The second-order valence-corrected chi connectivity index (χ2v) is 7.30. The molecule has 84 valence electrons. The molecule has 15 heavy (non-hydrogen) atoms. The second kappa shape index (κ2) is 3.04. The van der Waals surface area contributed by atoms with Crippen molar-refractivity contribution in [3.63, 3.8) is 0 Å². The summed E-state index contributed by atoms with van der Waals surface area (Å²) in [5.74, 6) is -1.38. The minimum atomic E-state index is -1.35. The summed E-state index contributed by atoms with van der Waals surface area (Å²) >= 11 is 3.12. The van der Waals surface area contributed by atoms with Gasteiger partial charge in [0.25, 0.3) is 0 Å². The van der Waals surface area contributed by atoms with Crippen LogP contribution >= 0.6 is 15.9 Å². The standard InChI is InChI=1S/C8H10BrNO4S/c1-8(2)4(7(12)13)10-5(11)3(9)6(10)15(8)14/h3-4,6H,1-2H3,(H,12,13)/t3-,4-,6+,15-/m0/s1. The van der Waals surface area contributed by atoms with Gasteiger partial charge in [-0.15, -0.1) is 0 Å². The Labute approximate surface area is 97.4 Å². The largest absolute Gasteiger partial charge is 0.480 e. The number of aliphatic carboxylic acids is 1. The number of carbonyl (C=O) groups excluding carboxylic acids is 1. The average Bonchev–Trinajstić information content (AvgIpc) is 2.32. The van der Waals surface area contributed by atoms with Crippen molar-refractivity contribution < 1.29 is 18.9 Å². The number of fused-ring (bicyclic) bond motifs is 1. The maximum Gasteiger partial charge on any atom is 0.327 e. The van der Waals surface area contributed by atoms with E-state index in [1.807, 2.05) is 0 Å². The highest BCUT2D eigenvalue weighted by Crippen LogP contribution is 2.45. The lowest BCUT2D eigenvalue weighted by Crippen LogP contribution is -2.64. The molecule has 2 aliphatic rings. The van der Waals surface area contributed by atoms with Crippen LogP contribution in [0, 0.1) is 0 Å². The Kier molecular flexibility index (Phi) is 2.24. The topological polar surface area (TPSA) is 74.7 Å². The summed E-state index contributed by atoms with van der Waals surface area (Å²) in [7, 11) is -1.35. The first-order valence-electron chi connectivity index (χ1n) is 4.40. The third-order valence-corrected chi connectivity index (χ3v) is 6.36. The fourth-order valence-electron chi connectivity index (χ4n) is 2.11. The van der Waals surface area contributed by atoms with Crippen molar-refractivity contribution in [1.82, 2.24) is 4.90 Å². The van der Waals surface area contributed by atoms with Crippen molar-refractivity contribution in [2.24, 2.45) is 0 Å². The Bertz CT molecular complexity index is 383. The average molecular weight is 296 g/mol. The first-order valence-corrected chi connectivity index (χ1v) is 6.52. The van der Waals surface area contributed by atoms with Gasteiger partial charge in [-0.05, 0) is 13.8 Å². The summed E-state index contributed by atoms with van der Waals surface area (Å²) in [6, 6.07) is -0.982. The van der Waals surface area contributed by atoms with Crippen molar-refractivity contribution in [2.75, 3.05) is 0 Å². The highest BCUT2D eigenvalue weighted by Gasteiger charge is 2.67. The van der Waals surface area contributed by atoms with E-state index in [2.05, 4.69) is 15.9 Å². The maximum atomic E-state index is 12.0. The van der Waals surface area contributed by atoms with E-state index in [0.717, 1.165) is 0 Å². The molecule has 2 fully saturated rings. The number of carboxylic acids is 1. The molecule has 2 saturated heterocycles. The highest BCUT2D eigenvalue weighted by molar-refractivity contribution is 9.10. The molecule has 0 radical (unpaired) electrons. The van der Waals surface area contributed by atoms with E-state index in [9.17, 15) is 13.8 Å². The molecule has 0 aliphatic carbocycles. The minimum Gasteiger partial charge on any atom is -0.480 e. The number of alkyl halides is 1. The second-order valence-electron chi connectivity index (χ2n) is 4.18. The molecule has 0 aromatic carbocycles. The summed E-state index contributed by atoms with van der Waals surface area (Å²) in [6.07, 6.45) is 0. The van der Waals surface area contributed by atoms with Crippen LogP contribution in [0.15, 0.2) is 0 Å². The molecule has 0 aromatic heterocycles. The molecule has 0 aromatic rings. The summed E-state index contributed by atoms with van der Waals surface area (Å²) in [4.78, 5) is 23.3. The van der Waals surface area contributed by atoms with E-state index < -0.39 is 37.8 Å². The van der Waals surface area contributed by atoms with Crippen LogP contribution in [0.2, 0.25) is 0 Å². The molecule has 1 N–H and O–H groups in total. The van der Waals surface area contributed by atoms with Gasteiger partial charge in [0.05, 0.1) is 15.5 Å². The molecular weight excluding hydrogens is 286 g/mol. The SMILES string of the molecule is CC1(C)[C@H](C(=O)O)N2C(=O)[C@H](Br)[C@H]2[S@@]1=O. The van der Waals surface area contributed by atoms with Gasteiger partial charge in [0.15, 0.2) is 0 Å². The molecule has 2 aliphatic heterocycles. The predicted molar refractivity (Wildman–Crippen MR) is 57.0 cm³/mol. The van der Waals surface area contributed by atoms with Gasteiger partial charge in [-0.1, -0.05) is 15.9 Å². The van der Waals surface area contributed by atoms with Crippen molar-refractivity contribution in [3.8, 4) is 0 Å². The Morgan fingerprint density at radius 3 is 2.60 bits per heavy atom. The van der Waals surface area contributed by atoms with Crippen LogP contribution in [0.4, 0.5) is 0 Å². The minimum absolute atomic E-state index is 0.286. The van der Waals surface area contributed by atoms with E-state index in [1.54, 1.807) is 13.8 Å². The molecule has 0 unspecified atom stereocenters. The van der Waals surface area contributed by atoms with Crippen LogP contribution in [-0.4, -0.2) is 47.1 Å². The van der Waals surface area contributed by atoms with E-state index in [1.165, 1.54) is 4.90 Å². The van der Waals surface area contributed by atoms with Crippen molar-refractivity contribution in [1.29, 1.82) is 0 Å². The summed E-state index contributed by atoms with van der Waals surface area (Å²) in [6.45, 7) is 3.24. The van der Waals surface area contributed by atoms with Crippen LogP contribution in [0.25, 0.3) is 0 Å². The molecule has 2 rings (SSSR count). The molecular formula is C8H10BrNO4S. The van der Waals surface area contributed by atoms with Crippen molar-refractivity contribution >= 4 is 38.6 Å². The van der Waals surface area contributed by atoms with Gasteiger partial charge in [0.2, 0.25) is 5.91 Å². The van der Waals surface area contributed by atoms with Gasteiger partial charge in [-0.3, -0.25) is 9.00 Å². The van der Waals surface area contributed by atoms with Gasteiger partial charge in [-0.25, -0.2) is 4.79 Å². The zero-order valence-corrected chi connectivity index (χ0v) is 10.5. The Morgan fingerprint density at radius 2 is 2.13 bits per heavy atom. The van der Waals surface area contributed by atoms with Gasteiger partial charge in [0.1, 0.15) is 16.2 Å². The lowest BCUT2D eigenvalue weighted by molar-refractivity contribution is -0.156. The van der Waals surface area contributed by atoms with Crippen molar-refractivity contribution in [3.05, 3.63) is 0 Å². The molecule has 2 heterocycles. The lowest BCUT2D eigenvalue weighted by Gasteiger charge is -2.40. The zero-order chi connectivity index (χ0) is 11.5. The number of carboxylic acid groups (broad SMARTS) is 1. The maximum absolute atomic E-state index is 12.0. The Hall–Kier alpha value is -0.430. The fourth-order valence-corrected chi connectivity index (χ4v) is 5.01. The first kappa shape index (κ1) is 11.1. The first-order chi connectivity index (χ1) is 6.80. The number of β-lactam (4-membered cyclic amide) rings is 1. The smallest absolute Gasteiger partial charge is 0.327 e. The van der Waals surface area contributed by atoms with Crippen LogP contribution in [0.3, 0.4) is 0 Å². The molecule has 0 bridgehead atoms. The van der Waals surface area contributed by atoms with Crippen LogP contribution in [0.5, 0.6) is 0 Å². The van der Waals surface area contributed by atoms with E-state index in [0.29, 0.717) is 0 Å². The number of rotatable bonds is 1. The lowest BCUT2D eigenvalue weighted by atomic mass is 9.98. The summed E-state index contributed by atoms with van der Waals surface area (Å²) < 4.78 is 11.1. The Balaban J connectivity index is 2.45. The molecule has 0 spiro atoms. The number of carbonyl (C=O) groups is 2. The Morgan fingerprint density at radius 1 is 1.60 bits per heavy atom. The molecule has 4 atom stereocenters. The molecule has 7 heteroatoms. The summed E-state index contributed by atoms with van der Waals surface area (Å²) in [5.41, 5.74) is 0. The fraction of sp³-hybridized carbons (Fsp3) is 0.750. The third-order valence-electron chi connectivity index (χ3n) is 2.92. The van der Waals surface area contributed by atoms with Gasteiger partial charge in [-0.2, -0.15) is 0 Å². The quantitative estimate of drug-likeness (QED) is 0.542. The van der Waals surface area contributed by atoms with E-state index in [4.69, 9.17) is 5.11 Å². The normalized spacial score (nSPS) is 42.3. The summed E-state index contributed by atoms with van der Waals surface area (Å²) in [5, 5.41) is 8.56.